The van der Waals surface area contributed by atoms with Crippen LogP contribution < -0.4 is 10.9 Å². The van der Waals surface area contributed by atoms with Gasteiger partial charge in [0.2, 0.25) is 0 Å². The third-order valence-electron chi connectivity index (χ3n) is 3.71. The monoisotopic (exact) mass is 353 g/mol. The van der Waals surface area contributed by atoms with E-state index >= 15 is 0 Å². The Morgan fingerprint density at radius 2 is 1.92 bits per heavy atom. The van der Waals surface area contributed by atoms with Crippen molar-refractivity contribution in [2.24, 2.45) is 0 Å². The van der Waals surface area contributed by atoms with Crippen molar-refractivity contribution in [3.05, 3.63) is 80.2 Å². The van der Waals surface area contributed by atoms with Crippen molar-refractivity contribution >= 4 is 27.6 Å². The lowest BCUT2D eigenvalue weighted by atomic mass is 10.2. The molecule has 3 heterocycles. The predicted molar refractivity (Wildman–Crippen MR) is 99.6 cm³/mol. The van der Waals surface area contributed by atoms with Crippen LogP contribution in [0.4, 0.5) is 0 Å². The second kappa shape index (κ2) is 6.68. The molecule has 0 spiro atoms. The number of fused-ring (bicyclic) bond motifs is 1. The van der Waals surface area contributed by atoms with Crippen LogP contribution in [-0.4, -0.2) is 9.38 Å². The summed E-state index contributed by atoms with van der Waals surface area (Å²) >= 11 is 3.21. The molecule has 0 aliphatic heterocycles. The Morgan fingerprint density at radius 1 is 1.04 bits per heavy atom. The lowest BCUT2D eigenvalue weighted by Gasteiger charge is -2.05. The molecule has 1 N–H and O–H groups in total. The zero-order chi connectivity index (χ0) is 16.4. The van der Waals surface area contributed by atoms with Crippen molar-refractivity contribution in [2.75, 3.05) is 0 Å². The van der Waals surface area contributed by atoms with Gasteiger partial charge in [-0.2, -0.15) is 0 Å². The van der Waals surface area contributed by atoms with Gasteiger partial charge in [0.15, 0.2) is 4.96 Å². The highest BCUT2D eigenvalue weighted by Gasteiger charge is 2.10. The van der Waals surface area contributed by atoms with Crippen LogP contribution in [0.5, 0.6) is 0 Å². The van der Waals surface area contributed by atoms with Crippen molar-refractivity contribution in [3.8, 4) is 11.3 Å². The Labute approximate surface area is 147 Å². The Balaban J connectivity index is 1.60. The number of hydrogen-bond donors (Lipinski definition) is 1. The summed E-state index contributed by atoms with van der Waals surface area (Å²) in [6.45, 7) is 1.38. The molecule has 0 saturated heterocycles. The first-order valence-electron chi connectivity index (χ1n) is 7.60. The van der Waals surface area contributed by atoms with Crippen LogP contribution in [0.1, 0.15) is 10.6 Å². The van der Waals surface area contributed by atoms with Crippen LogP contribution in [-0.2, 0) is 13.1 Å². The zero-order valence-corrected chi connectivity index (χ0v) is 14.4. The number of rotatable bonds is 5. The van der Waals surface area contributed by atoms with Gasteiger partial charge in [0, 0.05) is 29.4 Å². The zero-order valence-electron chi connectivity index (χ0n) is 12.8. The number of thiophene rings is 1. The fourth-order valence-electron chi connectivity index (χ4n) is 2.59. The molecule has 0 atom stereocenters. The largest absolute Gasteiger partial charge is 0.306 e. The summed E-state index contributed by atoms with van der Waals surface area (Å²) in [7, 11) is 0. The van der Waals surface area contributed by atoms with Gasteiger partial charge in [-0.1, -0.05) is 36.4 Å². The van der Waals surface area contributed by atoms with Crippen LogP contribution in [0.3, 0.4) is 0 Å². The van der Waals surface area contributed by atoms with Gasteiger partial charge in [-0.15, -0.1) is 22.7 Å². The number of thiazole rings is 1. The minimum Gasteiger partial charge on any atom is -0.306 e. The van der Waals surface area contributed by atoms with Crippen LogP contribution in [0.15, 0.2) is 64.1 Å². The predicted octanol–water partition coefficient (Wildman–Crippen LogP) is 3.77. The van der Waals surface area contributed by atoms with E-state index in [1.165, 1.54) is 16.2 Å². The highest BCUT2D eigenvalue weighted by atomic mass is 32.1. The van der Waals surface area contributed by atoms with Crippen molar-refractivity contribution in [2.45, 2.75) is 13.1 Å². The molecule has 0 bridgehead atoms. The maximum absolute atomic E-state index is 12.6. The minimum atomic E-state index is -0.0342. The summed E-state index contributed by atoms with van der Waals surface area (Å²) in [5.74, 6) is 0. The molecule has 6 heteroatoms. The van der Waals surface area contributed by atoms with Gasteiger partial charge in [0.1, 0.15) is 0 Å². The van der Waals surface area contributed by atoms with E-state index in [4.69, 9.17) is 0 Å². The summed E-state index contributed by atoms with van der Waals surface area (Å²) in [5.41, 5.74) is 2.66. The van der Waals surface area contributed by atoms with E-state index in [-0.39, 0.29) is 5.56 Å². The Hall–Kier alpha value is -2.28. The summed E-state index contributed by atoms with van der Waals surface area (Å²) in [6, 6.07) is 15.7. The number of nitrogens with zero attached hydrogens (tertiary/aromatic N) is 2. The van der Waals surface area contributed by atoms with Gasteiger partial charge in [-0.3, -0.25) is 9.20 Å². The smallest absolute Gasteiger partial charge is 0.259 e. The Bertz CT molecular complexity index is 1000. The van der Waals surface area contributed by atoms with E-state index in [1.807, 2.05) is 41.8 Å². The highest BCUT2D eigenvalue weighted by Crippen LogP contribution is 2.23. The van der Waals surface area contributed by atoms with E-state index in [0.717, 1.165) is 28.5 Å². The number of benzene rings is 1. The van der Waals surface area contributed by atoms with Gasteiger partial charge in [0.05, 0.1) is 11.4 Å². The molecule has 0 aliphatic rings. The second-order valence-corrected chi connectivity index (χ2v) is 7.24. The first-order chi connectivity index (χ1) is 11.8. The normalized spacial score (nSPS) is 11.2. The standard InChI is InChI=1S/C18H15N3OS2/c22-17-9-14(10-19-11-15-7-4-8-23-15)20-18-21(17)16(12-24-18)13-5-2-1-3-6-13/h1-9,12,19H,10-11H2. The molecule has 0 unspecified atom stereocenters. The molecule has 0 aliphatic carbocycles. The summed E-state index contributed by atoms with van der Waals surface area (Å²) in [4.78, 5) is 19.2. The maximum Gasteiger partial charge on any atom is 0.259 e. The third kappa shape index (κ3) is 3.03. The molecule has 0 radical (unpaired) electrons. The topological polar surface area (TPSA) is 46.4 Å². The maximum atomic E-state index is 12.6. The van der Waals surface area contributed by atoms with Crippen molar-refractivity contribution in [3.63, 3.8) is 0 Å². The van der Waals surface area contributed by atoms with E-state index in [0.29, 0.717) is 6.54 Å². The van der Waals surface area contributed by atoms with Crippen molar-refractivity contribution in [1.82, 2.24) is 14.7 Å². The van der Waals surface area contributed by atoms with Gasteiger partial charge < -0.3 is 5.32 Å². The third-order valence-corrected chi connectivity index (χ3v) is 5.42. The fourth-order valence-corrected chi connectivity index (χ4v) is 4.19. The first-order valence-corrected chi connectivity index (χ1v) is 9.36. The molecule has 3 aromatic heterocycles. The quantitative estimate of drug-likeness (QED) is 0.594. The Kier molecular flexibility index (Phi) is 4.25. The van der Waals surface area contributed by atoms with Crippen molar-refractivity contribution < 1.29 is 0 Å². The molecule has 4 rings (SSSR count). The SMILES string of the molecule is O=c1cc(CNCc2cccs2)nc2scc(-c3ccccc3)n12. The molecule has 4 nitrogen and oxygen atoms in total. The van der Waals surface area contributed by atoms with Crippen LogP contribution >= 0.6 is 22.7 Å². The van der Waals surface area contributed by atoms with Gasteiger partial charge >= 0.3 is 0 Å². The van der Waals surface area contributed by atoms with E-state index in [1.54, 1.807) is 21.8 Å². The van der Waals surface area contributed by atoms with E-state index in [2.05, 4.69) is 21.7 Å². The summed E-state index contributed by atoms with van der Waals surface area (Å²) < 4.78 is 1.68. The van der Waals surface area contributed by atoms with Crippen LogP contribution in [0, 0.1) is 0 Å². The molecule has 0 saturated carbocycles. The number of hydrogen-bond acceptors (Lipinski definition) is 5. The second-order valence-electron chi connectivity index (χ2n) is 5.37. The molecule has 120 valence electrons. The molecule has 0 amide bonds. The van der Waals surface area contributed by atoms with Gasteiger partial charge in [-0.25, -0.2) is 4.98 Å². The lowest BCUT2D eigenvalue weighted by molar-refractivity contribution is 0.685. The van der Waals surface area contributed by atoms with Crippen LogP contribution in [0.2, 0.25) is 0 Å². The van der Waals surface area contributed by atoms with Crippen molar-refractivity contribution in [1.29, 1.82) is 0 Å². The highest BCUT2D eigenvalue weighted by molar-refractivity contribution is 7.15. The molecule has 0 fully saturated rings. The summed E-state index contributed by atoms with van der Waals surface area (Å²) in [6.07, 6.45) is 0. The molecular weight excluding hydrogens is 338 g/mol. The molecule has 4 aromatic rings. The molecule has 24 heavy (non-hydrogen) atoms. The minimum absolute atomic E-state index is 0.0342. The first kappa shape index (κ1) is 15.3. The van der Waals surface area contributed by atoms with Gasteiger partial charge in [-0.05, 0) is 17.0 Å². The molecular formula is C18H15N3OS2. The van der Waals surface area contributed by atoms with Gasteiger partial charge in [0.25, 0.3) is 5.56 Å². The average molecular weight is 353 g/mol. The number of nitrogens with one attached hydrogen (secondary N) is 1. The van der Waals surface area contributed by atoms with E-state index in [9.17, 15) is 4.79 Å². The fraction of sp³-hybridized carbons (Fsp3) is 0.111. The van der Waals surface area contributed by atoms with E-state index < -0.39 is 0 Å². The van der Waals surface area contributed by atoms with Crippen LogP contribution in [0.25, 0.3) is 16.2 Å². The number of aromatic nitrogens is 2. The Morgan fingerprint density at radius 3 is 2.71 bits per heavy atom. The average Bonchev–Trinajstić information content (AvgIpc) is 3.25. The molecule has 1 aromatic carbocycles. The summed E-state index contributed by atoms with van der Waals surface area (Å²) in [5, 5.41) is 7.39. The lowest BCUT2D eigenvalue weighted by Crippen LogP contribution is -2.19.